The largest absolute Gasteiger partial charge is 0.377 e. The number of rotatable bonds is 4. The van der Waals surface area contributed by atoms with Crippen LogP contribution in [0.3, 0.4) is 0 Å². The molecule has 1 N–H and O–H groups in total. The van der Waals surface area contributed by atoms with Crippen LogP contribution in [0.1, 0.15) is 5.56 Å². The van der Waals surface area contributed by atoms with Gasteiger partial charge < -0.3 is 15.1 Å². The third-order valence-electron chi connectivity index (χ3n) is 3.43. The molecule has 0 bridgehead atoms. The second-order valence-corrected chi connectivity index (χ2v) is 5.01. The first-order valence-corrected chi connectivity index (χ1v) is 6.55. The second kappa shape index (κ2) is 6.16. The van der Waals surface area contributed by atoms with Gasteiger partial charge in [0.2, 0.25) is 0 Å². The van der Waals surface area contributed by atoms with E-state index in [0.29, 0.717) is 0 Å². The number of nitrogens with zero attached hydrogens (tertiary/aromatic N) is 2. The van der Waals surface area contributed by atoms with Crippen molar-refractivity contribution in [2.75, 3.05) is 51.7 Å². The molecule has 1 heterocycles. The third kappa shape index (κ3) is 3.43. The van der Waals surface area contributed by atoms with Crippen molar-refractivity contribution in [3.63, 3.8) is 0 Å². The number of benzene rings is 1. The predicted molar refractivity (Wildman–Crippen MR) is 73.7 cm³/mol. The third-order valence-corrected chi connectivity index (χ3v) is 3.43. The van der Waals surface area contributed by atoms with E-state index in [1.54, 1.807) is 6.07 Å². The molecule has 0 saturated carbocycles. The summed E-state index contributed by atoms with van der Waals surface area (Å²) in [5.41, 5.74) is 2.21. The van der Waals surface area contributed by atoms with Crippen LogP contribution in [-0.4, -0.2) is 51.7 Å². The lowest BCUT2D eigenvalue weighted by atomic mass is 10.1. The van der Waals surface area contributed by atoms with Crippen molar-refractivity contribution in [3.05, 3.63) is 29.6 Å². The molecule has 100 valence electrons. The van der Waals surface area contributed by atoms with Crippen LogP contribution in [0.15, 0.2) is 18.2 Å². The van der Waals surface area contributed by atoms with E-state index < -0.39 is 0 Å². The van der Waals surface area contributed by atoms with Crippen molar-refractivity contribution in [2.24, 2.45) is 0 Å². The minimum absolute atomic E-state index is 0.143. The molecule has 3 nitrogen and oxygen atoms in total. The van der Waals surface area contributed by atoms with Crippen LogP contribution in [0.4, 0.5) is 10.1 Å². The summed E-state index contributed by atoms with van der Waals surface area (Å²) in [5.74, 6) is -0.143. The molecule has 0 amide bonds. The number of piperazine rings is 1. The highest BCUT2D eigenvalue weighted by molar-refractivity contribution is 5.52. The maximum Gasteiger partial charge on any atom is 0.123 e. The lowest BCUT2D eigenvalue weighted by molar-refractivity contribution is 0.244. The quantitative estimate of drug-likeness (QED) is 0.871. The van der Waals surface area contributed by atoms with Crippen molar-refractivity contribution < 1.29 is 4.39 Å². The van der Waals surface area contributed by atoms with Gasteiger partial charge in [0.1, 0.15) is 5.82 Å². The van der Waals surface area contributed by atoms with Gasteiger partial charge in [0.05, 0.1) is 0 Å². The molecule has 1 aliphatic rings. The van der Waals surface area contributed by atoms with E-state index in [1.165, 1.54) is 6.07 Å². The summed E-state index contributed by atoms with van der Waals surface area (Å²) in [7, 11) is 4.00. The Balaban J connectivity index is 2.00. The summed E-state index contributed by atoms with van der Waals surface area (Å²) in [5, 5.41) is 3.34. The van der Waals surface area contributed by atoms with Crippen molar-refractivity contribution in [2.45, 2.75) is 6.42 Å². The first-order chi connectivity index (χ1) is 8.66. The van der Waals surface area contributed by atoms with Gasteiger partial charge in [-0.15, -0.1) is 0 Å². The van der Waals surface area contributed by atoms with E-state index in [1.807, 2.05) is 25.1 Å². The molecule has 1 aromatic carbocycles. The van der Waals surface area contributed by atoms with Gasteiger partial charge in [-0.2, -0.15) is 0 Å². The monoisotopic (exact) mass is 251 g/mol. The molecule has 0 aliphatic carbocycles. The minimum atomic E-state index is -0.143. The zero-order valence-corrected chi connectivity index (χ0v) is 11.2. The van der Waals surface area contributed by atoms with E-state index >= 15 is 0 Å². The molecule has 2 rings (SSSR count). The van der Waals surface area contributed by atoms with E-state index in [9.17, 15) is 4.39 Å². The average Bonchev–Trinajstić information content (AvgIpc) is 2.37. The molecule has 0 atom stereocenters. The fourth-order valence-corrected chi connectivity index (χ4v) is 2.40. The normalized spacial score (nSPS) is 16.8. The lowest BCUT2D eigenvalue weighted by Gasteiger charge is -2.27. The van der Waals surface area contributed by atoms with Gasteiger partial charge in [-0.25, -0.2) is 4.39 Å². The lowest BCUT2D eigenvalue weighted by Crippen LogP contribution is -2.44. The molecule has 1 saturated heterocycles. The molecule has 1 fully saturated rings. The fourth-order valence-electron chi connectivity index (χ4n) is 2.40. The number of halogens is 1. The highest BCUT2D eigenvalue weighted by atomic mass is 19.1. The van der Waals surface area contributed by atoms with Gasteiger partial charge in [-0.1, -0.05) is 0 Å². The van der Waals surface area contributed by atoms with Crippen molar-refractivity contribution in [3.8, 4) is 0 Å². The first kappa shape index (κ1) is 13.3. The Morgan fingerprint density at radius 3 is 2.67 bits per heavy atom. The van der Waals surface area contributed by atoms with Crippen molar-refractivity contribution in [1.29, 1.82) is 0 Å². The predicted octanol–water partition coefficient (Wildman–Crippen LogP) is 1.34. The zero-order chi connectivity index (χ0) is 13.0. The van der Waals surface area contributed by atoms with Gasteiger partial charge in [-0.05, 0) is 30.2 Å². The van der Waals surface area contributed by atoms with Gasteiger partial charge >= 0.3 is 0 Å². The Morgan fingerprint density at radius 2 is 2.00 bits per heavy atom. The van der Waals surface area contributed by atoms with E-state index in [-0.39, 0.29) is 5.82 Å². The van der Waals surface area contributed by atoms with E-state index in [2.05, 4.69) is 10.2 Å². The first-order valence-electron chi connectivity index (χ1n) is 6.55. The molecule has 4 heteroatoms. The number of hydrogen-bond acceptors (Lipinski definition) is 3. The summed E-state index contributed by atoms with van der Waals surface area (Å²) in [6, 6.07) is 5.06. The van der Waals surface area contributed by atoms with Gasteiger partial charge in [0, 0.05) is 52.5 Å². The Labute approximate surface area is 109 Å². The fraction of sp³-hybridized carbons (Fsp3) is 0.571. The van der Waals surface area contributed by atoms with Crippen LogP contribution in [0.25, 0.3) is 0 Å². The SMILES string of the molecule is CN(C)c1ccc(F)cc1CCN1CCNCC1. The van der Waals surface area contributed by atoms with Crippen molar-refractivity contribution >= 4 is 5.69 Å². The Morgan fingerprint density at radius 1 is 1.28 bits per heavy atom. The highest BCUT2D eigenvalue weighted by Gasteiger charge is 2.11. The molecule has 1 aromatic rings. The molecule has 1 aliphatic heterocycles. The standard InChI is InChI=1S/C14H22FN3/c1-17(2)14-4-3-13(15)11-12(14)5-8-18-9-6-16-7-10-18/h3-4,11,16H,5-10H2,1-2H3. The van der Waals surface area contributed by atoms with E-state index in [4.69, 9.17) is 0 Å². The number of hydrogen-bond donors (Lipinski definition) is 1. The number of nitrogens with one attached hydrogen (secondary N) is 1. The molecule has 18 heavy (non-hydrogen) atoms. The average molecular weight is 251 g/mol. The Hall–Kier alpha value is -1.13. The Bertz CT molecular complexity index is 387. The van der Waals surface area contributed by atoms with Gasteiger partial charge in [-0.3, -0.25) is 0 Å². The molecule has 0 aromatic heterocycles. The van der Waals surface area contributed by atoms with Crippen LogP contribution in [0, 0.1) is 5.82 Å². The Kier molecular flexibility index (Phi) is 4.55. The van der Waals surface area contributed by atoms with Crippen LogP contribution >= 0.6 is 0 Å². The maximum atomic E-state index is 13.3. The summed E-state index contributed by atoms with van der Waals surface area (Å²) in [4.78, 5) is 4.48. The zero-order valence-electron chi connectivity index (χ0n) is 11.2. The molecule has 0 unspecified atom stereocenters. The minimum Gasteiger partial charge on any atom is -0.377 e. The summed E-state index contributed by atoms with van der Waals surface area (Å²) in [6.07, 6.45) is 0.908. The second-order valence-electron chi connectivity index (χ2n) is 5.01. The van der Waals surface area contributed by atoms with Crippen LogP contribution < -0.4 is 10.2 Å². The van der Waals surface area contributed by atoms with Gasteiger partial charge in [0.15, 0.2) is 0 Å². The van der Waals surface area contributed by atoms with Crippen LogP contribution in [0.5, 0.6) is 0 Å². The van der Waals surface area contributed by atoms with E-state index in [0.717, 1.165) is 50.4 Å². The topological polar surface area (TPSA) is 18.5 Å². The van der Waals surface area contributed by atoms with Gasteiger partial charge in [0.25, 0.3) is 0 Å². The smallest absolute Gasteiger partial charge is 0.123 e. The van der Waals surface area contributed by atoms with Crippen molar-refractivity contribution in [1.82, 2.24) is 10.2 Å². The molecular weight excluding hydrogens is 229 g/mol. The highest BCUT2D eigenvalue weighted by Crippen LogP contribution is 2.20. The molecule has 0 spiro atoms. The maximum absolute atomic E-state index is 13.3. The van der Waals surface area contributed by atoms with Crippen LogP contribution in [-0.2, 0) is 6.42 Å². The summed E-state index contributed by atoms with van der Waals surface area (Å²) >= 11 is 0. The number of anilines is 1. The molecular formula is C14H22FN3. The molecule has 0 radical (unpaired) electrons. The van der Waals surface area contributed by atoms with Crippen LogP contribution in [0.2, 0.25) is 0 Å². The summed E-state index contributed by atoms with van der Waals surface area (Å²) in [6.45, 7) is 5.30. The summed E-state index contributed by atoms with van der Waals surface area (Å²) < 4.78 is 13.3.